The van der Waals surface area contributed by atoms with Crippen LogP contribution in [0.4, 0.5) is 5.69 Å². The Bertz CT molecular complexity index is 502. The summed E-state index contributed by atoms with van der Waals surface area (Å²) >= 11 is 0. The van der Waals surface area contributed by atoms with Gasteiger partial charge in [-0.25, -0.2) is 4.90 Å². The summed E-state index contributed by atoms with van der Waals surface area (Å²) in [5, 5.41) is 0. The Hall–Kier alpha value is -2.10. The van der Waals surface area contributed by atoms with Crippen molar-refractivity contribution in [1.29, 1.82) is 0 Å². The van der Waals surface area contributed by atoms with Crippen LogP contribution in [0.15, 0.2) is 35.9 Å². The lowest BCUT2D eigenvalue weighted by Crippen LogP contribution is -2.30. The molecule has 0 unspecified atom stereocenters. The van der Waals surface area contributed by atoms with Crippen molar-refractivity contribution in [2.24, 2.45) is 0 Å². The van der Waals surface area contributed by atoms with E-state index < -0.39 is 0 Å². The fourth-order valence-corrected chi connectivity index (χ4v) is 1.74. The van der Waals surface area contributed by atoms with E-state index in [0.29, 0.717) is 17.9 Å². The normalized spacial score (nSPS) is 15.0. The number of benzene rings is 1. The topological polar surface area (TPSA) is 46.6 Å². The molecule has 0 fully saturated rings. The van der Waals surface area contributed by atoms with Gasteiger partial charge < -0.3 is 4.74 Å². The fraction of sp³-hybridized carbons (Fsp3) is 0.286. The lowest BCUT2D eigenvalue weighted by Gasteiger charge is -2.15. The molecule has 1 aromatic carbocycles. The van der Waals surface area contributed by atoms with Crippen LogP contribution in [-0.4, -0.2) is 18.4 Å². The average Bonchev–Trinajstić information content (AvgIpc) is 2.62. The first kappa shape index (κ1) is 12.4. The Kier molecular flexibility index (Phi) is 3.46. The highest BCUT2D eigenvalue weighted by Gasteiger charge is 2.29. The predicted octanol–water partition coefficient (Wildman–Crippen LogP) is 2.29. The van der Waals surface area contributed by atoms with Crippen molar-refractivity contribution in [3.63, 3.8) is 0 Å². The van der Waals surface area contributed by atoms with Crippen molar-refractivity contribution in [3.05, 3.63) is 35.9 Å². The molecule has 0 aliphatic carbocycles. The molecule has 0 saturated carbocycles. The summed E-state index contributed by atoms with van der Waals surface area (Å²) < 4.78 is 5.45. The van der Waals surface area contributed by atoms with Crippen LogP contribution >= 0.6 is 0 Å². The standard InChI is InChI=1S/C14H15NO3/c1-3-8-18-12-6-4-11(5-7-12)15-13(16)9-10(2)14(15)17/h4-7,9H,3,8H2,1-2H3. The van der Waals surface area contributed by atoms with E-state index in [-0.39, 0.29) is 11.8 Å². The van der Waals surface area contributed by atoms with Gasteiger partial charge in [-0.15, -0.1) is 0 Å². The van der Waals surface area contributed by atoms with E-state index in [4.69, 9.17) is 4.74 Å². The molecule has 0 bridgehead atoms. The Morgan fingerprint density at radius 1 is 1.17 bits per heavy atom. The number of rotatable bonds is 4. The van der Waals surface area contributed by atoms with Crippen LogP contribution in [0.3, 0.4) is 0 Å². The third kappa shape index (κ3) is 2.27. The largest absolute Gasteiger partial charge is 0.494 e. The van der Waals surface area contributed by atoms with Gasteiger partial charge in [0.25, 0.3) is 11.8 Å². The number of amides is 2. The van der Waals surface area contributed by atoms with Gasteiger partial charge in [0.05, 0.1) is 12.3 Å². The summed E-state index contributed by atoms with van der Waals surface area (Å²) in [4.78, 5) is 24.6. The third-order valence-electron chi connectivity index (χ3n) is 2.67. The highest BCUT2D eigenvalue weighted by atomic mass is 16.5. The minimum atomic E-state index is -0.292. The molecule has 1 aliphatic heterocycles. The van der Waals surface area contributed by atoms with Gasteiger partial charge in [-0.05, 0) is 37.6 Å². The van der Waals surface area contributed by atoms with E-state index in [0.717, 1.165) is 12.2 Å². The van der Waals surface area contributed by atoms with E-state index in [1.165, 1.54) is 11.0 Å². The van der Waals surface area contributed by atoms with Gasteiger partial charge >= 0.3 is 0 Å². The zero-order chi connectivity index (χ0) is 13.1. The van der Waals surface area contributed by atoms with Crippen LogP contribution in [0.1, 0.15) is 20.3 Å². The number of carbonyl (C=O) groups is 2. The summed E-state index contributed by atoms with van der Waals surface area (Å²) in [5.41, 5.74) is 1.04. The molecular weight excluding hydrogens is 230 g/mol. The second kappa shape index (κ2) is 5.04. The summed E-state index contributed by atoms with van der Waals surface area (Å²) in [6, 6.07) is 6.96. The number of carbonyl (C=O) groups excluding carboxylic acids is 2. The molecule has 2 amide bonds. The van der Waals surface area contributed by atoms with Gasteiger partial charge in [0, 0.05) is 11.6 Å². The van der Waals surface area contributed by atoms with Gasteiger partial charge in [0.15, 0.2) is 0 Å². The number of hydrogen-bond donors (Lipinski definition) is 0. The molecule has 1 heterocycles. The average molecular weight is 245 g/mol. The first-order chi connectivity index (χ1) is 8.63. The second-order valence-corrected chi connectivity index (χ2v) is 4.15. The molecule has 1 aromatic rings. The maximum Gasteiger partial charge on any atom is 0.261 e. The molecule has 0 saturated heterocycles. The second-order valence-electron chi connectivity index (χ2n) is 4.15. The first-order valence-corrected chi connectivity index (χ1v) is 5.93. The number of anilines is 1. The molecule has 94 valence electrons. The van der Waals surface area contributed by atoms with Gasteiger partial charge in [0.2, 0.25) is 0 Å². The SMILES string of the molecule is CCCOc1ccc(N2C(=O)C=C(C)C2=O)cc1. The first-order valence-electron chi connectivity index (χ1n) is 5.93. The van der Waals surface area contributed by atoms with Crippen LogP contribution in [0.2, 0.25) is 0 Å². The molecule has 0 spiro atoms. The van der Waals surface area contributed by atoms with Crippen molar-refractivity contribution >= 4 is 17.5 Å². The van der Waals surface area contributed by atoms with Crippen molar-refractivity contribution in [2.45, 2.75) is 20.3 Å². The number of nitrogens with zero attached hydrogens (tertiary/aromatic N) is 1. The summed E-state index contributed by atoms with van der Waals surface area (Å²) in [7, 11) is 0. The maximum absolute atomic E-state index is 11.8. The zero-order valence-electron chi connectivity index (χ0n) is 10.5. The molecule has 2 rings (SSSR count). The molecule has 0 atom stereocenters. The van der Waals surface area contributed by atoms with E-state index in [2.05, 4.69) is 0 Å². The van der Waals surface area contributed by atoms with Crippen molar-refractivity contribution in [1.82, 2.24) is 0 Å². The van der Waals surface area contributed by atoms with E-state index in [9.17, 15) is 9.59 Å². The molecule has 1 aliphatic rings. The zero-order valence-corrected chi connectivity index (χ0v) is 10.5. The molecule has 0 aromatic heterocycles. The fourth-order valence-electron chi connectivity index (χ4n) is 1.74. The molecule has 4 nitrogen and oxygen atoms in total. The Labute approximate surface area is 106 Å². The Balaban J connectivity index is 2.16. The van der Waals surface area contributed by atoms with Crippen molar-refractivity contribution < 1.29 is 14.3 Å². The smallest absolute Gasteiger partial charge is 0.261 e. The highest BCUT2D eigenvalue weighted by Crippen LogP contribution is 2.24. The van der Waals surface area contributed by atoms with Crippen molar-refractivity contribution in [3.8, 4) is 5.75 Å². The number of imide groups is 1. The van der Waals surface area contributed by atoms with Gasteiger partial charge in [0.1, 0.15) is 5.75 Å². The van der Waals surface area contributed by atoms with Gasteiger partial charge in [-0.2, -0.15) is 0 Å². The van der Waals surface area contributed by atoms with Crippen LogP contribution in [0.25, 0.3) is 0 Å². The predicted molar refractivity (Wildman–Crippen MR) is 68.5 cm³/mol. The molecule has 0 N–H and O–H groups in total. The summed E-state index contributed by atoms with van der Waals surface area (Å²) in [5.74, 6) is 0.186. The lowest BCUT2D eigenvalue weighted by molar-refractivity contribution is -0.120. The van der Waals surface area contributed by atoms with Gasteiger partial charge in [-0.3, -0.25) is 9.59 Å². The van der Waals surface area contributed by atoms with Crippen LogP contribution < -0.4 is 9.64 Å². The summed E-state index contributed by atoms with van der Waals surface area (Å²) in [6.45, 7) is 4.32. The quantitative estimate of drug-likeness (QED) is 0.765. The monoisotopic (exact) mass is 245 g/mol. The molecule has 4 heteroatoms. The van der Waals surface area contributed by atoms with E-state index in [1.54, 1.807) is 31.2 Å². The molecule has 0 radical (unpaired) electrons. The van der Waals surface area contributed by atoms with Crippen LogP contribution in [-0.2, 0) is 9.59 Å². The van der Waals surface area contributed by atoms with Crippen molar-refractivity contribution in [2.75, 3.05) is 11.5 Å². The Morgan fingerprint density at radius 2 is 1.83 bits per heavy atom. The molecular formula is C14H15NO3. The van der Waals surface area contributed by atoms with E-state index in [1.807, 2.05) is 6.92 Å². The van der Waals surface area contributed by atoms with Crippen LogP contribution in [0.5, 0.6) is 5.75 Å². The van der Waals surface area contributed by atoms with Crippen LogP contribution in [0, 0.1) is 0 Å². The minimum absolute atomic E-state index is 0.262. The summed E-state index contributed by atoms with van der Waals surface area (Å²) in [6.07, 6.45) is 2.29. The number of hydrogen-bond acceptors (Lipinski definition) is 3. The number of ether oxygens (including phenoxy) is 1. The lowest BCUT2D eigenvalue weighted by atomic mass is 10.2. The Morgan fingerprint density at radius 3 is 2.33 bits per heavy atom. The molecule has 18 heavy (non-hydrogen) atoms. The maximum atomic E-state index is 11.8. The third-order valence-corrected chi connectivity index (χ3v) is 2.67. The highest BCUT2D eigenvalue weighted by molar-refractivity contribution is 6.30. The minimum Gasteiger partial charge on any atom is -0.494 e. The van der Waals surface area contributed by atoms with Gasteiger partial charge in [-0.1, -0.05) is 6.92 Å². The van der Waals surface area contributed by atoms with E-state index >= 15 is 0 Å².